The molecule has 1 amide bonds. The third kappa shape index (κ3) is 3.14. The van der Waals surface area contributed by atoms with Crippen molar-refractivity contribution < 1.29 is 4.79 Å². The van der Waals surface area contributed by atoms with E-state index in [9.17, 15) is 9.59 Å². The van der Waals surface area contributed by atoms with Gasteiger partial charge in [0.1, 0.15) is 0 Å². The molecule has 0 aliphatic carbocycles. The second-order valence-electron chi connectivity index (χ2n) is 6.96. The number of benzene rings is 2. The molecule has 0 unspecified atom stereocenters. The maximum Gasteiger partial charge on any atom is 0.276 e. The summed E-state index contributed by atoms with van der Waals surface area (Å²) in [6.45, 7) is 0.925. The van der Waals surface area contributed by atoms with E-state index >= 15 is 0 Å². The van der Waals surface area contributed by atoms with Crippen molar-refractivity contribution in [3.63, 3.8) is 0 Å². The van der Waals surface area contributed by atoms with Gasteiger partial charge in [-0.2, -0.15) is 0 Å². The molecule has 0 bridgehead atoms. The smallest absolute Gasteiger partial charge is 0.276 e. The van der Waals surface area contributed by atoms with Crippen LogP contribution in [0.15, 0.2) is 59.4 Å². The van der Waals surface area contributed by atoms with Gasteiger partial charge in [-0.1, -0.05) is 18.2 Å². The summed E-state index contributed by atoms with van der Waals surface area (Å²) in [7, 11) is 3.93. The number of nitrogens with zero attached hydrogens (tertiary/aromatic N) is 3. The zero-order valence-corrected chi connectivity index (χ0v) is 15.5. The van der Waals surface area contributed by atoms with Gasteiger partial charge in [0.05, 0.1) is 17.8 Å². The molecule has 0 fully saturated rings. The van der Waals surface area contributed by atoms with Crippen molar-refractivity contribution in [2.24, 2.45) is 0 Å². The van der Waals surface area contributed by atoms with Crippen molar-refractivity contribution in [1.82, 2.24) is 14.7 Å². The summed E-state index contributed by atoms with van der Waals surface area (Å²) in [5.41, 5.74) is 3.98. The average Bonchev–Trinajstić information content (AvgIpc) is 3.04. The molecule has 1 aliphatic rings. The Kier molecular flexibility index (Phi) is 4.32. The first-order valence-corrected chi connectivity index (χ1v) is 8.99. The average molecular weight is 362 g/mol. The molecule has 1 aliphatic heterocycles. The molecule has 138 valence electrons. The SMILES string of the molecule is CN(C)c1ccc(C(=O)N2CCc3[nH]n(-c4ccccc4)c(=O)c3C2)cc1. The number of H-pyrrole nitrogens is 1. The number of carbonyl (C=O) groups is 1. The summed E-state index contributed by atoms with van der Waals surface area (Å²) in [6, 6.07) is 17.0. The van der Waals surface area contributed by atoms with Gasteiger partial charge in [0.2, 0.25) is 0 Å². The van der Waals surface area contributed by atoms with Gasteiger partial charge >= 0.3 is 0 Å². The molecule has 0 atom stereocenters. The highest BCUT2D eigenvalue weighted by molar-refractivity contribution is 5.94. The number of rotatable bonds is 3. The lowest BCUT2D eigenvalue weighted by Gasteiger charge is -2.26. The number of para-hydroxylation sites is 1. The van der Waals surface area contributed by atoms with Crippen molar-refractivity contribution in [3.05, 3.63) is 81.8 Å². The maximum absolute atomic E-state index is 12.9. The van der Waals surface area contributed by atoms with E-state index in [1.165, 1.54) is 0 Å². The van der Waals surface area contributed by atoms with Crippen LogP contribution in [0.5, 0.6) is 0 Å². The van der Waals surface area contributed by atoms with Gasteiger partial charge in [-0.25, -0.2) is 4.68 Å². The highest BCUT2D eigenvalue weighted by Crippen LogP contribution is 2.19. The first-order chi connectivity index (χ1) is 13.0. The van der Waals surface area contributed by atoms with Crippen molar-refractivity contribution in [2.45, 2.75) is 13.0 Å². The fourth-order valence-electron chi connectivity index (χ4n) is 3.42. The molecule has 4 rings (SSSR count). The van der Waals surface area contributed by atoms with Gasteiger partial charge in [-0.05, 0) is 36.4 Å². The number of fused-ring (bicyclic) bond motifs is 1. The highest BCUT2D eigenvalue weighted by Gasteiger charge is 2.26. The number of hydrogen-bond acceptors (Lipinski definition) is 3. The number of aromatic amines is 1. The van der Waals surface area contributed by atoms with Crippen LogP contribution in [0.3, 0.4) is 0 Å². The molecule has 3 aromatic rings. The molecular weight excluding hydrogens is 340 g/mol. The van der Waals surface area contributed by atoms with Crippen LogP contribution in [0.1, 0.15) is 21.6 Å². The number of amides is 1. The van der Waals surface area contributed by atoms with Crippen molar-refractivity contribution in [2.75, 3.05) is 25.5 Å². The number of aromatic nitrogens is 2. The Labute approximate surface area is 157 Å². The largest absolute Gasteiger partial charge is 0.378 e. The zero-order valence-electron chi connectivity index (χ0n) is 15.5. The van der Waals surface area contributed by atoms with Gasteiger partial charge < -0.3 is 9.80 Å². The molecule has 27 heavy (non-hydrogen) atoms. The van der Waals surface area contributed by atoms with E-state index in [2.05, 4.69) is 5.10 Å². The summed E-state index contributed by atoms with van der Waals surface area (Å²) in [4.78, 5) is 29.4. The Bertz CT molecular complexity index is 1020. The molecule has 0 saturated heterocycles. The quantitative estimate of drug-likeness (QED) is 0.778. The van der Waals surface area contributed by atoms with Gasteiger partial charge in [-0.15, -0.1) is 0 Å². The number of carbonyl (C=O) groups excluding carboxylic acids is 1. The number of nitrogens with one attached hydrogen (secondary N) is 1. The molecule has 2 heterocycles. The summed E-state index contributed by atoms with van der Waals surface area (Å²) in [5, 5.41) is 3.20. The Balaban J connectivity index is 1.59. The predicted octanol–water partition coefficient (Wildman–Crippen LogP) is 2.43. The minimum absolute atomic E-state index is 0.0437. The summed E-state index contributed by atoms with van der Waals surface area (Å²) < 4.78 is 1.56. The lowest BCUT2D eigenvalue weighted by atomic mass is 10.1. The summed E-state index contributed by atoms with van der Waals surface area (Å²) in [5.74, 6) is -0.0437. The number of hydrogen-bond donors (Lipinski definition) is 1. The van der Waals surface area contributed by atoms with Crippen molar-refractivity contribution >= 4 is 11.6 Å². The van der Waals surface area contributed by atoms with Crippen LogP contribution in [0, 0.1) is 0 Å². The minimum Gasteiger partial charge on any atom is -0.378 e. The Morgan fingerprint density at radius 2 is 1.74 bits per heavy atom. The van der Waals surface area contributed by atoms with Crippen LogP contribution in [-0.2, 0) is 13.0 Å². The van der Waals surface area contributed by atoms with Crippen LogP contribution >= 0.6 is 0 Å². The fraction of sp³-hybridized carbons (Fsp3) is 0.238. The Hall–Kier alpha value is -3.28. The second-order valence-corrected chi connectivity index (χ2v) is 6.96. The Morgan fingerprint density at radius 3 is 2.41 bits per heavy atom. The zero-order chi connectivity index (χ0) is 19.0. The fourth-order valence-corrected chi connectivity index (χ4v) is 3.42. The molecule has 0 saturated carbocycles. The third-order valence-electron chi connectivity index (χ3n) is 4.99. The standard InChI is InChI=1S/C21H22N4O2/c1-23(2)16-10-8-15(9-11-16)20(26)24-13-12-19-18(14-24)21(27)25(22-19)17-6-4-3-5-7-17/h3-11,22H,12-14H2,1-2H3. The van der Waals surface area contributed by atoms with Gasteiger partial charge in [0, 0.05) is 44.0 Å². The highest BCUT2D eigenvalue weighted by atomic mass is 16.2. The molecular formula is C21H22N4O2. The molecule has 1 aromatic heterocycles. The molecule has 6 heteroatoms. The van der Waals surface area contributed by atoms with E-state index in [1.807, 2.05) is 73.6 Å². The second kappa shape index (κ2) is 6.79. The maximum atomic E-state index is 12.9. The summed E-state index contributed by atoms with van der Waals surface area (Å²) >= 11 is 0. The lowest BCUT2D eigenvalue weighted by molar-refractivity contribution is 0.0734. The van der Waals surface area contributed by atoms with Crippen molar-refractivity contribution in [3.8, 4) is 5.69 Å². The van der Waals surface area contributed by atoms with Crippen LogP contribution in [0.25, 0.3) is 5.69 Å². The summed E-state index contributed by atoms with van der Waals surface area (Å²) in [6.07, 6.45) is 0.645. The van der Waals surface area contributed by atoms with E-state index in [-0.39, 0.29) is 11.5 Å². The minimum atomic E-state index is -0.0864. The topological polar surface area (TPSA) is 61.3 Å². The van der Waals surface area contributed by atoms with Gasteiger partial charge in [-0.3, -0.25) is 14.7 Å². The molecule has 0 radical (unpaired) electrons. The monoisotopic (exact) mass is 362 g/mol. The van der Waals surface area contributed by atoms with Crippen molar-refractivity contribution in [1.29, 1.82) is 0 Å². The van der Waals surface area contributed by atoms with Crippen LogP contribution in [0.2, 0.25) is 0 Å². The van der Waals surface area contributed by atoms with E-state index in [1.54, 1.807) is 9.58 Å². The van der Waals surface area contributed by atoms with Crippen LogP contribution in [0.4, 0.5) is 5.69 Å². The van der Waals surface area contributed by atoms with Crippen LogP contribution in [-0.4, -0.2) is 41.2 Å². The van der Waals surface area contributed by atoms with E-state index < -0.39 is 0 Å². The van der Waals surface area contributed by atoms with Crippen LogP contribution < -0.4 is 10.5 Å². The van der Waals surface area contributed by atoms with E-state index in [4.69, 9.17) is 0 Å². The van der Waals surface area contributed by atoms with Gasteiger partial charge in [0.25, 0.3) is 11.5 Å². The molecule has 0 spiro atoms. The first-order valence-electron chi connectivity index (χ1n) is 8.99. The lowest BCUT2D eigenvalue weighted by Crippen LogP contribution is -2.37. The molecule has 2 aromatic carbocycles. The van der Waals surface area contributed by atoms with Gasteiger partial charge in [0.15, 0.2) is 0 Å². The predicted molar refractivity (Wildman–Crippen MR) is 106 cm³/mol. The van der Waals surface area contributed by atoms with E-state index in [0.717, 1.165) is 17.1 Å². The Morgan fingerprint density at radius 1 is 1.04 bits per heavy atom. The normalized spacial score (nSPS) is 13.3. The number of anilines is 1. The first kappa shape index (κ1) is 17.1. The molecule has 1 N–H and O–H groups in total. The van der Waals surface area contributed by atoms with E-state index in [0.29, 0.717) is 30.6 Å². The third-order valence-corrected chi connectivity index (χ3v) is 4.99. The molecule has 6 nitrogen and oxygen atoms in total.